The van der Waals surface area contributed by atoms with Crippen molar-refractivity contribution in [2.24, 2.45) is 0 Å². The summed E-state index contributed by atoms with van der Waals surface area (Å²) in [4.78, 5) is 27.9. The molecule has 0 saturated carbocycles. The summed E-state index contributed by atoms with van der Waals surface area (Å²) in [6.45, 7) is 1.68. The number of nitrogens with one attached hydrogen (secondary N) is 1. The van der Waals surface area contributed by atoms with Crippen molar-refractivity contribution in [3.63, 3.8) is 0 Å². The second kappa shape index (κ2) is 4.12. The van der Waals surface area contributed by atoms with Crippen LogP contribution in [0.4, 0.5) is 0 Å². The van der Waals surface area contributed by atoms with Crippen LogP contribution in [0.5, 0.6) is 0 Å². The lowest BCUT2D eigenvalue weighted by molar-refractivity contribution is -0.140. The van der Waals surface area contributed by atoms with Crippen molar-refractivity contribution < 1.29 is 14.7 Å². The third-order valence-electron chi connectivity index (χ3n) is 2.22. The molecule has 0 radical (unpaired) electrons. The number of nitrogens with zero attached hydrogens (tertiary/aromatic N) is 3. The third kappa shape index (κ3) is 1.87. The summed E-state index contributed by atoms with van der Waals surface area (Å²) >= 11 is 1.41. The van der Waals surface area contributed by atoms with E-state index in [0.717, 1.165) is 0 Å². The molecule has 0 aliphatic carbocycles. The molecule has 16 heavy (non-hydrogen) atoms. The lowest BCUT2D eigenvalue weighted by Gasteiger charge is -2.18. The predicted molar refractivity (Wildman–Crippen MR) is 56.0 cm³/mol. The number of carbonyl (C=O) groups is 2. The van der Waals surface area contributed by atoms with Gasteiger partial charge in [0.2, 0.25) is 5.82 Å². The molecular formula is C8H10N4O3S. The molecule has 0 bridgehead atoms. The van der Waals surface area contributed by atoms with Gasteiger partial charge in [-0.15, -0.1) is 16.9 Å². The highest BCUT2D eigenvalue weighted by atomic mass is 32.2. The standard InChI is InChI=1S/C8H10N4O3S/c1-4-9-6(11-10-4)7(13)12-3-16-2-5(12)8(14)15/h5H,2-3H2,1H3,(H,14,15)(H,9,10,11)/t5-/m0/s1. The lowest BCUT2D eigenvalue weighted by atomic mass is 10.3. The normalized spacial score (nSPS) is 20.1. The van der Waals surface area contributed by atoms with Crippen LogP contribution in [0.25, 0.3) is 0 Å². The summed E-state index contributed by atoms with van der Waals surface area (Å²) in [6, 6.07) is -0.781. The molecule has 1 saturated heterocycles. The maximum atomic E-state index is 11.9. The minimum Gasteiger partial charge on any atom is -0.480 e. The zero-order valence-corrected chi connectivity index (χ0v) is 9.32. The molecule has 7 nitrogen and oxygen atoms in total. The molecule has 1 aromatic heterocycles. The molecule has 1 aliphatic heterocycles. The van der Waals surface area contributed by atoms with Crippen LogP contribution in [0, 0.1) is 6.92 Å². The Kier molecular flexibility index (Phi) is 2.82. The van der Waals surface area contributed by atoms with Crippen LogP contribution in [0.3, 0.4) is 0 Å². The quantitative estimate of drug-likeness (QED) is 0.739. The average molecular weight is 242 g/mol. The first kappa shape index (κ1) is 10.9. The van der Waals surface area contributed by atoms with Crippen molar-refractivity contribution in [2.75, 3.05) is 11.6 Å². The number of thioether (sulfide) groups is 1. The first-order valence-electron chi connectivity index (χ1n) is 4.60. The minimum absolute atomic E-state index is 0.0197. The van der Waals surface area contributed by atoms with E-state index >= 15 is 0 Å². The van der Waals surface area contributed by atoms with Crippen molar-refractivity contribution in [1.29, 1.82) is 0 Å². The van der Waals surface area contributed by atoms with Crippen LogP contribution in [0.15, 0.2) is 0 Å². The Morgan fingerprint density at radius 2 is 2.38 bits per heavy atom. The Morgan fingerprint density at radius 1 is 1.62 bits per heavy atom. The molecule has 1 atom stereocenters. The number of carbonyl (C=O) groups excluding carboxylic acids is 1. The van der Waals surface area contributed by atoms with Gasteiger partial charge in [0.15, 0.2) is 0 Å². The van der Waals surface area contributed by atoms with E-state index in [4.69, 9.17) is 5.11 Å². The molecule has 0 aromatic carbocycles. The Morgan fingerprint density at radius 3 is 2.94 bits per heavy atom. The van der Waals surface area contributed by atoms with Gasteiger partial charge in [-0.3, -0.25) is 9.89 Å². The second-order valence-corrected chi connectivity index (χ2v) is 4.37. The van der Waals surface area contributed by atoms with Crippen molar-refractivity contribution >= 4 is 23.6 Å². The largest absolute Gasteiger partial charge is 0.480 e. The van der Waals surface area contributed by atoms with Crippen LogP contribution in [0.2, 0.25) is 0 Å². The summed E-state index contributed by atoms with van der Waals surface area (Å²) in [6.07, 6.45) is 0. The van der Waals surface area contributed by atoms with Crippen LogP contribution in [0.1, 0.15) is 16.4 Å². The molecule has 2 N–H and O–H groups in total. The van der Waals surface area contributed by atoms with Crippen molar-refractivity contribution in [2.45, 2.75) is 13.0 Å². The number of aromatic nitrogens is 3. The highest BCUT2D eigenvalue weighted by Gasteiger charge is 2.36. The fourth-order valence-corrected chi connectivity index (χ4v) is 2.56. The first-order valence-corrected chi connectivity index (χ1v) is 5.75. The fraction of sp³-hybridized carbons (Fsp3) is 0.500. The molecule has 2 heterocycles. The summed E-state index contributed by atoms with van der Waals surface area (Å²) < 4.78 is 0. The summed E-state index contributed by atoms with van der Waals surface area (Å²) in [7, 11) is 0. The molecule has 86 valence electrons. The third-order valence-corrected chi connectivity index (χ3v) is 3.23. The van der Waals surface area contributed by atoms with Crippen LogP contribution in [-0.2, 0) is 4.79 Å². The van der Waals surface area contributed by atoms with Gasteiger partial charge in [-0.05, 0) is 6.92 Å². The number of hydrogen-bond donors (Lipinski definition) is 2. The molecule has 1 fully saturated rings. The van der Waals surface area contributed by atoms with Crippen molar-refractivity contribution in [3.8, 4) is 0 Å². The monoisotopic (exact) mass is 242 g/mol. The molecule has 1 aromatic rings. The van der Waals surface area contributed by atoms with E-state index in [0.29, 0.717) is 17.5 Å². The molecule has 0 spiro atoms. The Bertz CT molecular complexity index is 433. The molecular weight excluding hydrogens is 232 g/mol. The molecule has 0 unspecified atom stereocenters. The average Bonchev–Trinajstić information content (AvgIpc) is 2.84. The predicted octanol–water partition coefficient (Wildman–Crippen LogP) is -0.287. The number of carboxylic acids is 1. The zero-order valence-electron chi connectivity index (χ0n) is 8.51. The smallest absolute Gasteiger partial charge is 0.327 e. The van der Waals surface area contributed by atoms with Crippen LogP contribution in [-0.4, -0.2) is 54.7 Å². The van der Waals surface area contributed by atoms with Crippen LogP contribution < -0.4 is 0 Å². The topological polar surface area (TPSA) is 99.2 Å². The van der Waals surface area contributed by atoms with E-state index in [1.807, 2.05) is 0 Å². The number of aryl methyl sites for hydroxylation is 1. The summed E-state index contributed by atoms with van der Waals surface area (Å²) in [5.41, 5.74) is 0. The lowest BCUT2D eigenvalue weighted by Crippen LogP contribution is -2.42. The van der Waals surface area contributed by atoms with Gasteiger partial charge < -0.3 is 10.0 Å². The number of rotatable bonds is 2. The van der Waals surface area contributed by atoms with Crippen LogP contribution >= 0.6 is 11.8 Å². The minimum atomic E-state index is -0.995. The maximum Gasteiger partial charge on any atom is 0.327 e. The summed E-state index contributed by atoms with van der Waals surface area (Å²) in [5, 5.41) is 15.2. The van der Waals surface area contributed by atoms with E-state index in [1.165, 1.54) is 16.7 Å². The van der Waals surface area contributed by atoms with Gasteiger partial charge in [0.1, 0.15) is 11.9 Å². The highest BCUT2D eigenvalue weighted by molar-refractivity contribution is 7.99. The summed E-state index contributed by atoms with van der Waals surface area (Å²) in [5.74, 6) is -0.117. The van der Waals surface area contributed by atoms with Gasteiger partial charge in [-0.2, -0.15) is 0 Å². The van der Waals surface area contributed by atoms with Gasteiger partial charge in [0, 0.05) is 5.75 Å². The van der Waals surface area contributed by atoms with Crippen molar-refractivity contribution in [1.82, 2.24) is 20.1 Å². The number of aliphatic carboxylic acids is 1. The number of carboxylic acid groups (broad SMARTS) is 1. The number of H-pyrrole nitrogens is 1. The number of aromatic amines is 1. The number of hydrogen-bond acceptors (Lipinski definition) is 5. The Balaban J connectivity index is 2.18. The van der Waals surface area contributed by atoms with Gasteiger partial charge in [0.05, 0.1) is 5.88 Å². The fourth-order valence-electron chi connectivity index (χ4n) is 1.41. The van der Waals surface area contributed by atoms with E-state index < -0.39 is 17.9 Å². The first-order chi connectivity index (χ1) is 7.59. The maximum absolute atomic E-state index is 11.9. The zero-order chi connectivity index (χ0) is 11.7. The highest BCUT2D eigenvalue weighted by Crippen LogP contribution is 2.22. The SMILES string of the molecule is Cc1nc(C(=O)N2CSC[C@H]2C(=O)O)n[nH]1. The Hall–Kier alpha value is -1.57. The molecule has 1 aliphatic rings. The van der Waals surface area contributed by atoms with Gasteiger partial charge in [-0.25, -0.2) is 9.78 Å². The second-order valence-electron chi connectivity index (χ2n) is 3.37. The molecule has 8 heteroatoms. The number of amides is 1. The van der Waals surface area contributed by atoms with E-state index in [2.05, 4.69) is 15.2 Å². The Labute approximate surface area is 95.2 Å². The molecule has 1 amide bonds. The van der Waals surface area contributed by atoms with Gasteiger partial charge in [-0.1, -0.05) is 0 Å². The van der Waals surface area contributed by atoms with E-state index in [-0.39, 0.29) is 5.82 Å². The van der Waals surface area contributed by atoms with E-state index in [9.17, 15) is 9.59 Å². The van der Waals surface area contributed by atoms with Gasteiger partial charge >= 0.3 is 5.97 Å². The van der Waals surface area contributed by atoms with Gasteiger partial charge in [0.25, 0.3) is 5.91 Å². The molecule has 2 rings (SSSR count). The van der Waals surface area contributed by atoms with E-state index in [1.54, 1.807) is 6.92 Å². The van der Waals surface area contributed by atoms with Crippen molar-refractivity contribution in [3.05, 3.63) is 11.6 Å².